The van der Waals surface area contributed by atoms with Crippen molar-refractivity contribution in [3.05, 3.63) is 60.2 Å². The Hall–Kier alpha value is -2.38. The van der Waals surface area contributed by atoms with E-state index in [9.17, 15) is 18.3 Å². The minimum atomic E-state index is -3.51. The highest BCUT2D eigenvalue weighted by Gasteiger charge is 2.24. The molecule has 0 radical (unpaired) electrons. The molecule has 2 amide bonds. The van der Waals surface area contributed by atoms with Crippen molar-refractivity contribution in [3.8, 4) is 0 Å². The fourth-order valence-corrected chi connectivity index (χ4v) is 4.68. The monoisotopic (exact) mass is 388 g/mol. The zero-order valence-electron chi connectivity index (χ0n) is 15.0. The fraction of sp³-hybridized carbons (Fsp3) is 0.350. The van der Waals surface area contributed by atoms with E-state index in [1.807, 2.05) is 0 Å². The topological polar surface area (TPSA) is 86.7 Å². The Morgan fingerprint density at radius 2 is 1.81 bits per heavy atom. The number of likely N-dealkylation sites (tertiary alicyclic amines) is 1. The summed E-state index contributed by atoms with van der Waals surface area (Å²) < 4.78 is 25.3. The molecule has 6 nitrogen and oxygen atoms in total. The molecule has 1 aliphatic rings. The van der Waals surface area contributed by atoms with E-state index in [4.69, 9.17) is 0 Å². The lowest BCUT2D eigenvalue weighted by Gasteiger charge is -2.32. The summed E-state index contributed by atoms with van der Waals surface area (Å²) in [5, 5.41) is 12.2. The zero-order valence-corrected chi connectivity index (χ0v) is 15.9. The molecule has 1 atom stereocenters. The number of para-hydroxylation sites is 1. The number of hydrogen-bond donors (Lipinski definition) is 2. The molecule has 27 heavy (non-hydrogen) atoms. The Morgan fingerprint density at radius 3 is 2.56 bits per heavy atom. The molecule has 2 aromatic carbocycles. The minimum absolute atomic E-state index is 0.0652. The van der Waals surface area contributed by atoms with E-state index in [0.717, 1.165) is 12.8 Å². The number of hydrogen-bond acceptors (Lipinski definition) is 4. The van der Waals surface area contributed by atoms with Crippen LogP contribution in [0.2, 0.25) is 0 Å². The van der Waals surface area contributed by atoms with Gasteiger partial charge in [0.05, 0.1) is 10.6 Å². The molecule has 7 heteroatoms. The highest BCUT2D eigenvalue weighted by molar-refractivity contribution is 7.90. The predicted molar refractivity (Wildman–Crippen MR) is 104 cm³/mol. The second-order valence-electron chi connectivity index (χ2n) is 6.80. The van der Waals surface area contributed by atoms with Gasteiger partial charge in [-0.2, -0.15) is 0 Å². The first kappa shape index (κ1) is 19.4. The SMILES string of the molecule is O=C(Nc1ccccc1CS(=O)(=O)c1ccccc1)N1CCCC(CO)C1. The molecule has 0 aromatic heterocycles. The van der Waals surface area contributed by atoms with E-state index in [1.165, 1.54) is 0 Å². The van der Waals surface area contributed by atoms with E-state index in [2.05, 4.69) is 5.32 Å². The fourth-order valence-electron chi connectivity index (χ4n) is 3.28. The van der Waals surface area contributed by atoms with Crippen LogP contribution in [0.1, 0.15) is 18.4 Å². The van der Waals surface area contributed by atoms with Crippen LogP contribution < -0.4 is 5.32 Å². The van der Waals surface area contributed by atoms with Crippen molar-refractivity contribution in [1.82, 2.24) is 4.90 Å². The summed E-state index contributed by atoms with van der Waals surface area (Å²) >= 11 is 0. The van der Waals surface area contributed by atoms with Crippen LogP contribution in [0.15, 0.2) is 59.5 Å². The Bertz CT molecular complexity index is 884. The first-order valence-electron chi connectivity index (χ1n) is 9.02. The Morgan fingerprint density at radius 1 is 1.11 bits per heavy atom. The van der Waals surface area contributed by atoms with Crippen molar-refractivity contribution in [3.63, 3.8) is 0 Å². The van der Waals surface area contributed by atoms with Gasteiger partial charge in [-0.15, -0.1) is 0 Å². The van der Waals surface area contributed by atoms with Gasteiger partial charge in [-0.3, -0.25) is 0 Å². The van der Waals surface area contributed by atoms with Crippen LogP contribution in [0.3, 0.4) is 0 Å². The number of urea groups is 1. The second kappa shape index (κ2) is 8.54. The summed E-state index contributed by atoms with van der Waals surface area (Å²) in [6.07, 6.45) is 1.76. The number of carbonyl (C=O) groups excluding carboxylic acids is 1. The third kappa shape index (κ3) is 4.87. The summed E-state index contributed by atoms with van der Waals surface area (Å²) in [5.41, 5.74) is 1.04. The van der Waals surface area contributed by atoms with Gasteiger partial charge < -0.3 is 15.3 Å². The number of carbonyl (C=O) groups is 1. The molecular weight excluding hydrogens is 364 g/mol. The van der Waals surface area contributed by atoms with Crippen molar-refractivity contribution in [2.24, 2.45) is 5.92 Å². The molecule has 144 valence electrons. The van der Waals surface area contributed by atoms with Gasteiger partial charge >= 0.3 is 6.03 Å². The van der Waals surface area contributed by atoms with E-state index in [-0.39, 0.29) is 29.2 Å². The smallest absolute Gasteiger partial charge is 0.321 e. The molecule has 0 bridgehead atoms. The summed E-state index contributed by atoms with van der Waals surface area (Å²) in [6.45, 7) is 1.20. The maximum atomic E-state index is 12.7. The molecule has 1 heterocycles. The van der Waals surface area contributed by atoms with Gasteiger partial charge in [-0.1, -0.05) is 36.4 Å². The summed E-state index contributed by atoms with van der Waals surface area (Å²) in [4.78, 5) is 14.5. The van der Waals surface area contributed by atoms with Gasteiger partial charge in [0.15, 0.2) is 9.84 Å². The van der Waals surface area contributed by atoms with Gasteiger partial charge in [0.25, 0.3) is 0 Å². The van der Waals surface area contributed by atoms with Crippen LogP contribution in [0, 0.1) is 5.92 Å². The maximum absolute atomic E-state index is 12.7. The van der Waals surface area contributed by atoms with E-state index in [0.29, 0.717) is 24.3 Å². The van der Waals surface area contributed by atoms with E-state index < -0.39 is 9.84 Å². The van der Waals surface area contributed by atoms with Crippen LogP contribution in [0.25, 0.3) is 0 Å². The maximum Gasteiger partial charge on any atom is 0.321 e. The van der Waals surface area contributed by atoms with Crippen molar-refractivity contribution in [2.75, 3.05) is 25.0 Å². The minimum Gasteiger partial charge on any atom is -0.396 e. The summed E-state index contributed by atoms with van der Waals surface area (Å²) in [5.74, 6) is -0.0922. The lowest BCUT2D eigenvalue weighted by Crippen LogP contribution is -2.43. The number of rotatable bonds is 5. The summed E-state index contributed by atoms with van der Waals surface area (Å²) in [7, 11) is -3.51. The van der Waals surface area contributed by atoms with Crippen molar-refractivity contribution in [1.29, 1.82) is 0 Å². The molecule has 0 spiro atoms. The molecule has 0 saturated carbocycles. The van der Waals surface area contributed by atoms with Gasteiger partial charge in [0.1, 0.15) is 0 Å². The van der Waals surface area contributed by atoms with Crippen molar-refractivity contribution < 1.29 is 18.3 Å². The lowest BCUT2D eigenvalue weighted by atomic mass is 9.99. The molecule has 1 aliphatic heterocycles. The summed E-state index contributed by atoms with van der Waals surface area (Å²) in [6, 6.07) is 15.0. The third-order valence-electron chi connectivity index (χ3n) is 4.77. The van der Waals surface area contributed by atoms with Gasteiger partial charge in [-0.25, -0.2) is 13.2 Å². The van der Waals surface area contributed by atoms with Crippen LogP contribution in [-0.4, -0.2) is 44.2 Å². The number of sulfone groups is 1. The normalized spacial score (nSPS) is 17.5. The average Bonchev–Trinajstić information content (AvgIpc) is 2.70. The number of piperidine rings is 1. The van der Waals surface area contributed by atoms with Crippen LogP contribution in [0.5, 0.6) is 0 Å². The molecule has 2 aromatic rings. The predicted octanol–water partition coefficient (Wildman–Crippen LogP) is 2.90. The van der Waals surface area contributed by atoms with E-state index >= 15 is 0 Å². The van der Waals surface area contributed by atoms with Crippen molar-refractivity contribution in [2.45, 2.75) is 23.5 Å². The Kier molecular flexibility index (Phi) is 6.13. The van der Waals surface area contributed by atoms with Crippen LogP contribution in [0.4, 0.5) is 10.5 Å². The molecule has 1 unspecified atom stereocenters. The molecule has 1 saturated heterocycles. The average molecular weight is 388 g/mol. The van der Waals surface area contributed by atoms with Gasteiger partial charge in [-0.05, 0) is 42.5 Å². The highest BCUT2D eigenvalue weighted by atomic mass is 32.2. The number of nitrogens with zero attached hydrogens (tertiary/aromatic N) is 1. The number of aliphatic hydroxyl groups excluding tert-OH is 1. The lowest BCUT2D eigenvalue weighted by molar-refractivity contribution is 0.136. The number of amides is 2. The standard InChI is InChI=1S/C20H24N2O4S/c23-14-16-7-6-12-22(13-16)20(24)21-19-11-5-4-8-17(19)15-27(25,26)18-9-2-1-3-10-18/h1-5,8-11,16,23H,6-7,12-15H2,(H,21,24). The highest BCUT2D eigenvalue weighted by Crippen LogP contribution is 2.23. The van der Waals surface area contributed by atoms with Gasteiger partial charge in [0.2, 0.25) is 0 Å². The molecule has 2 N–H and O–H groups in total. The number of aliphatic hydroxyl groups is 1. The zero-order chi connectivity index (χ0) is 19.3. The first-order chi connectivity index (χ1) is 13.0. The number of nitrogens with one attached hydrogen (secondary N) is 1. The van der Waals surface area contributed by atoms with Crippen molar-refractivity contribution >= 4 is 21.6 Å². The molecular formula is C20H24N2O4S. The first-order valence-corrected chi connectivity index (χ1v) is 10.7. The van der Waals surface area contributed by atoms with Crippen LogP contribution >= 0.6 is 0 Å². The Balaban J connectivity index is 1.75. The van der Waals surface area contributed by atoms with Gasteiger partial charge in [0, 0.05) is 25.4 Å². The molecule has 3 rings (SSSR count). The Labute approximate surface area is 159 Å². The molecule has 0 aliphatic carbocycles. The van der Waals surface area contributed by atoms with Crippen LogP contribution in [-0.2, 0) is 15.6 Å². The molecule has 1 fully saturated rings. The number of benzene rings is 2. The number of anilines is 1. The second-order valence-corrected chi connectivity index (χ2v) is 8.79. The third-order valence-corrected chi connectivity index (χ3v) is 6.45. The largest absolute Gasteiger partial charge is 0.396 e. The van der Waals surface area contributed by atoms with E-state index in [1.54, 1.807) is 59.5 Å². The quantitative estimate of drug-likeness (QED) is 0.825.